The molecular formula is C25H30ClFN4O2. The number of hydrogen-bond donors (Lipinski definition) is 1. The van der Waals surface area contributed by atoms with Gasteiger partial charge >= 0.3 is 6.03 Å². The minimum atomic E-state index is -0.571. The number of nitrogens with one attached hydrogen (secondary N) is 1. The van der Waals surface area contributed by atoms with Gasteiger partial charge in [0.25, 0.3) is 5.91 Å². The van der Waals surface area contributed by atoms with Crippen LogP contribution < -0.4 is 5.32 Å². The third-order valence-corrected chi connectivity index (χ3v) is 6.98. The van der Waals surface area contributed by atoms with E-state index in [1.807, 2.05) is 30.3 Å². The summed E-state index contributed by atoms with van der Waals surface area (Å²) in [5.41, 5.74) is 1.06. The average molecular weight is 473 g/mol. The lowest BCUT2D eigenvalue weighted by molar-refractivity contribution is 0.0769. The predicted octanol–water partition coefficient (Wildman–Crippen LogP) is 3.89. The molecule has 3 amide bonds. The molecule has 4 rings (SSSR count). The van der Waals surface area contributed by atoms with E-state index in [0.29, 0.717) is 24.9 Å². The van der Waals surface area contributed by atoms with Gasteiger partial charge in [-0.15, -0.1) is 0 Å². The first-order chi connectivity index (χ1) is 15.8. The maximum Gasteiger partial charge on any atom is 0.317 e. The van der Waals surface area contributed by atoms with Crippen LogP contribution in [-0.4, -0.2) is 73.5 Å². The Kier molecular flexibility index (Phi) is 7.20. The molecule has 2 heterocycles. The molecule has 2 unspecified atom stereocenters. The summed E-state index contributed by atoms with van der Waals surface area (Å²) in [6.07, 6.45) is 0.802. The average Bonchev–Trinajstić information content (AvgIpc) is 3.35. The second-order valence-corrected chi connectivity index (χ2v) is 9.59. The summed E-state index contributed by atoms with van der Waals surface area (Å²) in [5, 5.41) is 3.28. The zero-order valence-electron chi connectivity index (χ0n) is 19.0. The topological polar surface area (TPSA) is 55.9 Å². The van der Waals surface area contributed by atoms with E-state index >= 15 is 0 Å². The maximum atomic E-state index is 14.2. The highest BCUT2D eigenvalue weighted by Gasteiger charge is 2.42. The minimum Gasteiger partial charge on any atom is -0.338 e. The molecule has 6 nitrogen and oxygen atoms in total. The van der Waals surface area contributed by atoms with Crippen molar-refractivity contribution in [2.75, 3.05) is 46.8 Å². The molecule has 2 saturated heterocycles. The minimum absolute atomic E-state index is 0.0293. The van der Waals surface area contributed by atoms with Gasteiger partial charge in [0, 0.05) is 46.8 Å². The Bertz CT molecular complexity index is 969. The Morgan fingerprint density at radius 3 is 2.33 bits per heavy atom. The fraction of sp³-hybridized carbons (Fsp3) is 0.440. The molecule has 8 heteroatoms. The molecule has 33 heavy (non-hydrogen) atoms. The van der Waals surface area contributed by atoms with E-state index in [-0.39, 0.29) is 28.6 Å². The predicted molar refractivity (Wildman–Crippen MR) is 127 cm³/mol. The van der Waals surface area contributed by atoms with E-state index in [2.05, 4.69) is 10.2 Å². The van der Waals surface area contributed by atoms with E-state index < -0.39 is 5.82 Å². The van der Waals surface area contributed by atoms with Crippen LogP contribution in [0.25, 0.3) is 0 Å². The van der Waals surface area contributed by atoms with Crippen LogP contribution in [-0.2, 0) is 0 Å². The number of rotatable bonds is 6. The second-order valence-electron chi connectivity index (χ2n) is 9.18. The zero-order valence-corrected chi connectivity index (χ0v) is 19.8. The van der Waals surface area contributed by atoms with Crippen molar-refractivity contribution in [1.29, 1.82) is 0 Å². The van der Waals surface area contributed by atoms with Crippen LogP contribution in [0.4, 0.5) is 9.18 Å². The van der Waals surface area contributed by atoms with Gasteiger partial charge in [-0.2, -0.15) is 0 Å². The standard InChI is InChI=1S/C25H30ClFN4O2/c1-29(2)25(33)28-22(17-7-4-3-5-8-17)11-12-30-13-18-15-31(16-19(18)14-30)24(32)23-20(26)9-6-10-21(23)27/h3-10,18-19,22H,11-16H2,1-2H3,(H,28,33)/t18?,19?,22-/m0/s1. The lowest BCUT2D eigenvalue weighted by Crippen LogP contribution is -2.39. The van der Waals surface area contributed by atoms with E-state index in [1.165, 1.54) is 12.1 Å². The second kappa shape index (κ2) is 10.1. The molecule has 2 fully saturated rings. The molecular weight excluding hydrogens is 443 g/mol. The summed E-state index contributed by atoms with van der Waals surface area (Å²) in [7, 11) is 3.47. The maximum absolute atomic E-state index is 14.2. The van der Waals surface area contributed by atoms with Crippen molar-refractivity contribution >= 4 is 23.5 Å². The molecule has 0 bridgehead atoms. The highest BCUT2D eigenvalue weighted by atomic mass is 35.5. The number of hydrogen-bond acceptors (Lipinski definition) is 3. The molecule has 0 aromatic heterocycles. The third kappa shape index (κ3) is 5.31. The molecule has 0 aliphatic carbocycles. The van der Waals surface area contributed by atoms with Crippen LogP contribution in [0, 0.1) is 17.7 Å². The highest BCUT2D eigenvalue weighted by Crippen LogP contribution is 2.33. The van der Waals surface area contributed by atoms with Crippen molar-refractivity contribution in [2.24, 2.45) is 11.8 Å². The van der Waals surface area contributed by atoms with Gasteiger partial charge < -0.3 is 20.0 Å². The molecule has 0 saturated carbocycles. The zero-order chi connectivity index (χ0) is 23.5. The van der Waals surface area contributed by atoms with Crippen LogP contribution in [0.2, 0.25) is 5.02 Å². The van der Waals surface area contributed by atoms with Crippen molar-refractivity contribution in [3.8, 4) is 0 Å². The molecule has 2 aliphatic heterocycles. The number of carbonyl (C=O) groups excluding carboxylic acids is 2. The summed E-state index contributed by atoms with van der Waals surface area (Å²) in [5.74, 6) is -0.162. The first-order valence-electron chi connectivity index (χ1n) is 11.3. The normalized spacial score (nSPS) is 21.0. The summed E-state index contributed by atoms with van der Waals surface area (Å²) in [6, 6.07) is 14.2. The lowest BCUT2D eigenvalue weighted by atomic mass is 10.0. The summed E-state index contributed by atoms with van der Waals surface area (Å²) in [6.45, 7) is 3.87. The van der Waals surface area contributed by atoms with E-state index in [1.54, 1.807) is 30.0 Å². The fourth-order valence-corrected chi connectivity index (χ4v) is 5.14. The molecule has 2 aliphatic rings. The van der Waals surface area contributed by atoms with E-state index in [4.69, 9.17) is 11.6 Å². The Morgan fingerprint density at radius 2 is 1.73 bits per heavy atom. The monoisotopic (exact) mass is 472 g/mol. The Labute approximate surface area is 199 Å². The number of urea groups is 1. The van der Waals surface area contributed by atoms with Gasteiger partial charge in [-0.3, -0.25) is 4.79 Å². The van der Waals surface area contributed by atoms with Crippen molar-refractivity contribution in [1.82, 2.24) is 20.0 Å². The lowest BCUT2D eigenvalue weighted by Gasteiger charge is -2.26. The third-order valence-electron chi connectivity index (χ3n) is 6.67. The SMILES string of the molecule is CN(C)C(=O)N[C@@H](CCN1CC2CN(C(=O)c3c(F)cccc3Cl)CC2C1)c1ccccc1. The Balaban J connectivity index is 1.34. The van der Waals surface area contributed by atoms with Gasteiger partial charge in [0.2, 0.25) is 0 Å². The molecule has 2 aromatic carbocycles. The number of benzene rings is 2. The van der Waals surface area contributed by atoms with Crippen molar-refractivity contribution in [2.45, 2.75) is 12.5 Å². The van der Waals surface area contributed by atoms with Gasteiger partial charge in [-0.05, 0) is 36.0 Å². The number of fused-ring (bicyclic) bond motifs is 1. The van der Waals surface area contributed by atoms with Crippen LogP contribution in [0.5, 0.6) is 0 Å². The number of halogens is 2. The molecule has 1 N–H and O–H groups in total. The van der Waals surface area contributed by atoms with Crippen molar-refractivity contribution in [3.05, 3.63) is 70.5 Å². The number of carbonyl (C=O) groups is 2. The molecule has 3 atom stereocenters. The molecule has 176 valence electrons. The van der Waals surface area contributed by atoms with E-state index in [0.717, 1.165) is 31.6 Å². The number of nitrogens with zero attached hydrogens (tertiary/aromatic N) is 3. The first kappa shape index (κ1) is 23.5. The highest BCUT2D eigenvalue weighted by molar-refractivity contribution is 6.33. The summed E-state index contributed by atoms with van der Waals surface area (Å²) < 4.78 is 14.2. The molecule has 0 spiro atoms. The fourth-order valence-electron chi connectivity index (χ4n) is 4.90. The van der Waals surface area contributed by atoms with Crippen LogP contribution in [0.3, 0.4) is 0 Å². The Morgan fingerprint density at radius 1 is 1.06 bits per heavy atom. The summed E-state index contributed by atoms with van der Waals surface area (Å²) in [4.78, 5) is 30.8. The molecule has 0 radical (unpaired) electrons. The van der Waals surface area contributed by atoms with Gasteiger partial charge in [-0.25, -0.2) is 9.18 Å². The van der Waals surface area contributed by atoms with Gasteiger partial charge in [0.1, 0.15) is 5.82 Å². The summed E-state index contributed by atoms with van der Waals surface area (Å²) >= 11 is 6.09. The van der Waals surface area contributed by atoms with Crippen LogP contribution in [0.15, 0.2) is 48.5 Å². The number of amides is 3. The van der Waals surface area contributed by atoms with Crippen molar-refractivity contribution < 1.29 is 14.0 Å². The van der Waals surface area contributed by atoms with Gasteiger partial charge in [-0.1, -0.05) is 48.0 Å². The largest absolute Gasteiger partial charge is 0.338 e. The first-order valence-corrected chi connectivity index (χ1v) is 11.7. The Hall–Kier alpha value is -2.64. The van der Waals surface area contributed by atoms with E-state index in [9.17, 15) is 14.0 Å². The van der Waals surface area contributed by atoms with Gasteiger partial charge in [0.05, 0.1) is 16.6 Å². The van der Waals surface area contributed by atoms with Crippen LogP contribution >= 0.6 is 11.6 Å². The van der Waals surface area contributed by atoms with Gasteiger partial charge in [0.15, 0.2) is 0 Å². The smallest absolute Gasteiger partial charge is 0.317 e. The van der Waals surface area contributed by atoms with Crippen LogP contribution in [0.1, 0.15) is 28.4 Å². The van der Waals surface area contributed by atoms with Crippen molar-refractivity contribution in [3.63, 3.8) is 0 Å². The quantitative estimate of drug-likeness (QED) is 0.694. The number of likely N-dealkylation sites (tertiary alicyclic amines) is 2. The molecule has 2 aromatic rings.